The van der Waals surface area contributed by atoms with Crippen LogP contribution in [0.4, 0.5) is 4.79 Å². The summed E-state index contributed by atoms with van der Waals surface area (Å²) in [7, 11) is 0. The summed E-state index contributed by atoms with van der Waals surface area (Å²) >= 11 is 0. The van der Waals surface area contributed by atoms with Crippen molar-refractivity contribution in [3.63, 3.8) is 0 Å². The number of carboxylic acid groups (broad SMARTS) is 1. The Hall–Kier alpha value is -3.35. The molecule has 0 aromatic heterocycles. The van der Waals surface area contributed by atoms with Gasteiger partial charge >= 0.3 is 12.1 Å². The Morgan fingerprint density at radius 3 is 2.34 bits per heavy atom. The molecule has 1 fully saturated rings. The first-order chi connectivity index (χ1) is 16.8. The van der Waals surface area contributed by atoms with E-state index in [2.05, 4.69) is 29.6 Å². The van der Waals surface area contributed by atoms with Crippen LogP contribution >= 0.6 is 0 Å². The van der Waals surface area contributed by atoms with E-state index in [1.54, 1.807) is 6.92 Å². The number of nitrogens with one attached hydrogen (secondary N) is 1. The third kappa shape index (κ3) is 5.04. The third-order valence-corrected chi connectivity index (χ3v) is 7.40. The van der Waals surface area contributed by atoms with Gasteiger partial charge in [-0.3, -0.25) is 4.79 Å². The van der Waals surface area contributed by atoms with Crippen LogP contribution in [0.5, 0.6) is 0 Å². The minimum absolute atomic E-state index is 0.0373. The maximum atomic E-state index is 13.0. The minimum atomic E-state index is -1.18. The van der Waals surface area contributed by atoms with Crippen LogP contribution in [0.15, 0.2) is 48.5 Å². The number of carboxylic acids is 1. The molecule has 1 aliphatic carbocycles. The smallest absolute Gasteiger partial charge is 0.407 e. The number of aliphatic carboxylic acids is 1. The van der Waals surface area contributed by atoms with Crippen LogP contribution in [-0.2, 0) is 14.3 Å². The lowest BCUT2D eigenvalue weighted by atomic mass is 9.98. The fourth-order valence-corrected chi connectivity index (χ4v) is 5.39. The fourth-order valence-electron chi connectivity index (χ4n) is 5.39. The summed E-state index contributed by atoms with van der Waals surface area (Å²) in [5, 5.41) is 12.5. The van der Waals surface area contributed by atoms with E-state index in [4.69, 9.17) is 4.74 Å². The van der Waals surface area contributed by atoms with E-state index in [0.717, 1.165) is 35.1 Å². The first kappa shape index (κ1) is 24.8. The molecule has 186 valence electrons. The summed E-state index contributed by atoms with van der Waals surface area (Å²) in [5.74, 6) is -1.27. The Morgan fingerprint density at radius 2 is 1.74 bits per heavy atom. The normalized spacial score (nSPS) is 19.7. The molecule has 1 unspecified atom stereocenters. The molecule has 1 aliphatic heterocycles. The maximum Gasteiger partial charge on any atom is 0.407 e. The summed E-state index contributed by atoms with van der Waals surface area (Å²) < 4.78 is 5.67. The molecule has 7 heteroatoms. The third-order valence-electron chi connectivity index (χ3n) is 7.40. The van der Waals surface area contributed by atoms with E-state index in [1.165, 1.54) is 4.90 Å². The van der Waals surface area contributed by atoms with Gasteiger partial charge in [0, 0.05) is 24.9 Å². The first-order valence-corrected chi connectivity index (χ1v) is 12.5. The summed E-state index contributed by atoms with van der Waals surface area (Å²) in [6, 6.07) is 15.9. The minimum Gasteiger partial charge on any atom is -0.480 e. The van der Waals surface area contributed by atoms with Gasteiger partial charge in [-0.2, -0.15) is 0 Å². The zero-order valence-corrected chi connectivity index (χ0v) is 20.5. The van der Waals surface area contributed by atoms with Crippen molar-refractivity contribution in [2.75, 3.05) is 13.2 Å². The number of hydrogen-bond donors (Lipinski definition) is 2. The molecule has 2 aromatic carbocycles. The molecule has 2 atom stereocenters. The number of carbonyl (C=O) groups is 3. The van der Waals surface area contributed by atoms with Crippen molar-refractivity contribution in [1.82, 2.24) is 10.2 Å². The van der Waals surface area contributed by atoms with E-state index in [9.17, 15) is 19.5 Å². The van der Waals surface area contributed by atoms with E-state index in [-0.39, 0.29) is 24.9 Å². The molecule has 0 bridgehead atoms. The van der Waals surface area contributed by atoms with Gasteiger partial charge in [-0.05, 0) is 48.4 Å². The summed E-state index contributed by atoms with van der Waals surface area (Å²) in [4.78, 5) is 39.0. The predicted molar refractivity (Wildman–Crippen MR) is 133 cm³/mol. The quantitative estimate of drug-likeness (QED) is 0.532. The first-order valence-electron chi connectivity index (χ1n) is 12.5. The number of hydrogen-bond acceptors (Lipinski definition) is 4. The fraction of sp³-hybridized carbons (Fsp3) is 0.464. The van der Waals surface area contributed by atoms with Crippen molar-refractivity contribution in [1.29, 1.82) is 0 Å². The average molecular weight is 479 g/mol. The predicted octanol–water partition coefficient (Wildman–Crippen LogP) is 4.94. The lowest BCUT2D eigenvalue weighted by molar-refractivity contribution is -0.155. The molecule has 2 amide bonds. The highest BCUT2D eigenvalue weighted by molar-refractivity contribution is 5.88. The lowest BCUT2D eigenvalue weighted by Gasteiger charge is -2.32. The number of alkyl carbamates (subject to hydrolysis) is 1. The molecule has 4 rings (SSSR count). The largest absolute Gasteiger partial charge is 0.480 e. The van der Waals surface area contributed by atoms with Gasteiger partial charge in [0.1, 0.15) is 12.1 Å². The SMILES string of the molecule is CCCC[C@@H](CC(=O)N1CCCC1(C)C(=O)O)NC(=O)OCC1c2ccccc2-c2ccccc21. The highest BCUT2D eigenvalue weighted by Gasteiger charge is 2.46. The molecule has 7 nitrogen and oxygen atoms in total. The topological polar surface area (TPSA) is 95.9 Å². The highest BCUT2D eigenvalue weighted by atomic mass is 16.5. The maximum absolute atomic E-state index is 13.0. The van der Waals surface area contributed by atoms with Gasteiger partial charge in [0.2, 0.25) is 5.91 Å². The molecule has 2 N–H and O–H groups in total. The number of rotatable bonds is 9. The van der Waals surface area contributed by atoms with Crippen molar-refractivity contribution in [3.8, 4) is 11.1 Å². The van der Waals surface area contributed by atoms with Gasteiger partial charge in [-0.15, -0.1) is 0 Å². The van der Waals surface area contributed by atoms with Crippen LogP contribution in [0, 0.1) is 0 Å². The van der Waals surface area contributed by atoms with Crippen molar-refractivity contribution in [2.45, 2.75) is 69.9 Å². The highest BCUT2D eigenvalue weighted by Crippen LogP contribution is 2.44. The molecule has 1 heterocycles. The number of ether oxygens (including phenoxy) is 1. The van der Waals surface area contributed by atoms with E-state index >= 15 is 0 Å². The molecule has 0 spiro atoms. The van der Waals surface area contributed by atoms with Gasteiger partial charge < -0.3 is 20.1 Å². The Balaban J connectivity index is 1.40. The van der Waals surface area contributed by atoms with Gasteiger partial charge in [-0.1, -0.05) is 68.3 Å². The van der Waals surface area contributed by atoms with Crippen molar-refractivity contribution < 1.29 is 24.2 Å². The van der Waals surface area contributed by atoms with Crippen LogP contribution in [0.1, 0.15) is 69.4 Å². The number of fused-ring (bicyclic) bond motifs is 3. The number of likely N-dealkylation sites (tertiary alicyclic amines) is 1. The summed E-state index contributed by atoms with van der Waals surface area (Å²) in [6.07, 6.45) is 3.01. The Labute approximate surface area is 206 Å². The summed E-state index contributed by atoms with van der Waals surface area (Å²) in [6.45, 7) is 4.28. The van der Waals surface area contributed by atoms with Crippen molar-refractivity contribution in [2.24, 2.45) is 0 Å². The van der Waals surface area contributed by atoms with Gasteiger partial charge in [0.05, 0.1) is 0 Å². The number of carbonyl (C=O) groups excluding carboxylic acids is 2. The van der Waals surface area contributed by atoms with Crippen LogP contribution < -0.4 is 5.32 Å². The molecule has 0 radical (unpaired) electrons. The second kappa shape index (κ2) is 10.5. The average Bonchev–Trinajstić information content (AvgIpc) is 3.40. The Bertz CT molecular complexity index is 1050. The zero-order valence-electron chi connectivity index (χ0n) is 20.5. The zero-order chi connectivity index (χ0) is 25.0. The Morgan fingerprint density at radius 1 is 1.11 bits per heavy atom. The van der Waals surface area contributed by atoms with Crippen molar-refractivity contribution >= 4 is 18.0 Å². The van der Waals surface area contributed by atoms with Crippen LogP contribution in [0.25, 0.3) is 11.1 Å². The summed E-state index contributed by atoms with van der Waals surface area (Å²) in [5.41, 5.74) is 3.42. The molecule has 0 saturated carbocycles. The lowest BCUT2D eigenvalue weighted by Crippen LogP contribution is -2.52. The molecule has 35 heavy (non-hydrogen) atoms. The molecule has 1 saturated heterocycles. The van der Waals surface area contributed by atoms with Gasteiger partial charge in [-0.25, -0.2) is 9.59 Å². The second-order valence-corrected chi connectivity index (χ2v) is 9.74. The van der Waals surface area contributed by atoms with Crippen LogP contribution in [0.2, 0.25) is 0 Å². The number of benzene rings is 2. The number of nitrogens with zero attached hydrogens (tertiary/aromatic N) is 1. The van der Waals surface area contributed by atoms with Gasteiger partial charge in [0.15, 0.2) is 0 Å². The van der Waals surface area contributed by atoms with Crippen LogP contribution in [-0.4, -0.2) is 52.7 Å². The van der Waals surface area contributed by atoms with Crippen molar-refractivity contribution in [3.05, 3.63) is 59.7 Å². The molecule has 2 aromatic rings. The number of amides is 2. The molecule has 2 aliphatic rings. The van der Waals surface area contributed by atoms with Gasteiger partial charge in [0.25, 0.3) is 0 Å². The standard InChI is InChI=1S/C28H34N2O5/c1-3-4-10-19(17-25(31)30-16-9-15-28(30,2)26(32)33)29-27(34)35-18-24-22-13-7-5-11-20(22)21-12-6-8-14-23(21)24/h5-8,11-14,19,24H,3-4,9-10,15-18H2,1-2H3,(H,29,34)(H,32,33)/t19-,28?/m0/s1. The monoisotopic (exact) mass is 478 g/mol. The van der Waals surface area contributed by atoms with E-state index < -0.39 is 23.6 Å². The van der Waals surface area contributed by atoms with E-state index in [1.807, 2.05) is 31.2 Å². The molecular formula is C28H34N2O5. The number of unbranched alkanes of at least 4 members (excludes halogenated alkanes) is 1. The Kier molecular flexibility index (Phi) is 7.43. The van der Waals surface area contributed by atoms with E-state index in [0.29, 0.717) is 25.8 Å². The molecular weight excluding hydrogens is 444 g/mol. The van der Waals surface area contributed by atoms with Crippen LogP contribution in [0.3, 0.4) is 0 Å². The second-order valence-electron chi connectivity index (χ2n) is 9.74.